The van der Waals surface area contributed by atoms with Gasteiger partial charge in [-0.05, 0) is 66.6 Å². The number of hydrogen-bond acceptors (Lipinski definition) is 4. The zero-order chi connectivity index (χ0) is 21.0. The number of halogens is 2. The summed E-state index contributed by atoms with van der Waals surface area (Å²) in [6.45, 7) is 1.97. The van der Waals surface area contributed by atoms with Crippen molar-refractivity contribution in [2.75, 3.05) is 0 Å². The molecule has 5 nitrogen and oxygen atoms in total. The molecule has 0 aromatic heterocycles. The topological polar surface area (TPSA) is 72.5 Å². The first-order valence-corrected chi connectivity index (χ1v) is 10.4. The summed E-state index contributed by atoms with van der Waals surface area (Å²) >= 11 is 5.96. The van der Waals surface area contributed by atoms with Gasteiger partial charge < -0.3 is 4.74 Å². The monoisotopic (exact) mass is 433 g/mol. The number of rotatable bonds is 6. The Morgan fingerprint density at radius 1 is 1.07 bits per heavy atom. The van der Waals surface area contributed by atoms with Crippen LogP contribution in [-0.4, -0.2) is 14.3 Å². The van der Waals surface area contributed by atoms with E-state index in [1.54, 1.807) is 30.3 Å². The largest absolute Gasteiger partial charge is 0.488 e. The molecule has 0 saturated carbocycles. The van der Waals surface area contributed by atoms with Gasteiger partial charge in [0.1, 0.15) is 18.2 Å². The van der Waals surface area contributed by atoms with Gasteiger partial charge in [-0.3, -0.25) is 4.79 Å². The molecule has 0 atom stereocenters. The lowest BCUT2D eigenvalue weighted by Gasteiger charge is -2.13. The van der Waals surface area contributed by atoms with E-state index in [4.69, 9.17) is 16.3 Å². The molecule has 1 N–H and O–H groups in total. The quantitative estimate of drug-likeness (QED) is 0.621. The highest BCUT2D eigenvalue weighted by molar-refractivity contribution is 7.90. The van der Waals surface area contributed by atoms with Gasteiger partial charge >= 0.3 is 0 Å². The molecule has 0 saturated heterocycles. The summed E-state index contributed by atoms with van der Waals surface area (Å²) < 4.78 is 45.6. The van der Waals surface area contributed by atoms with E-state index in [9.17, 15) is 17.6 Å². The van der Waals surface area contributed by atoms with E-state index in [-0.39, 0.29) is 22.8 Å². The molecule has 0 spiro atoms. The fraction of sp³-hybridized carbons (Fsp3) is 0.0952. The first kappa shape index (κ1) is 20.8. The van der Waals surface area contributed by atoms with Crippen molar-refractivity contribution >= 4 is 27.5 Å². The van der Waals surface area contributed by atoms with Gasteiger partial charge in [0, 0.05) is 5.02 Å². The summed E-state index contributed by atoms with van der Waals surface area (Å²) in [5, 5.41) is 0.554. The van der Waals surface area contributed by atoms with E-state index in [1.165, 1.54) is 6.07 Å². The highest BCUT2D eigenvalue weighted by Gasteiger charge is 2.21. The average Bonchev–Trinajstić information content (AvgIpc) is 2.66. The van der Waals surface area contributed by atoms with Gasteiger partial charge in [-0.1, -0.05) is 29.8 Å². The molecular formula is C21H17ClFNO4S. The summed E-state index contributed by atoms with van der Waals surface area (Å²) in [5.41, 5.74) is 1.69. The summed E-state index contributed by atoms with van der Waals surface area (Å²) in [4.78, 5) is 12.4. The summed E-state index contributed by atoms with van der Waals surface area (Å²) in [6.07, 6.45) is 0. The van der Waals surface area contributed by atoms with Crippen molar-refractivity contribution in [2.45, 2.75) is 18.4 Å². The first-order valence-electron chi connectivity index (χ1n) is 8.55. The predicted octanol–water partition coefficient (Wildman–Crippen LogP) is 4.49. The molecule has 3 aromatic rings. The van der Waals surface area contributed by atoms with E-state index in [0.29, 0.717) is 5.02 Å². The van der Waals surface area contributed by atoms with Crippen molar-refractivity contribution in [1.82, 2.24) is 4.72 Å². The van der Waals surface area contributed by atoms with E-state index >= 15 is 0 Å². The Morgan fingerprint density at radius 3 is 2.48 bits per heavy atom. The standard InChI is InChI=1S/C21H17ClFNO4S/c1-14-5-10-19(20(11-14)28-13-15-3-2-4-16(22)12-15)21(25)24-29(26,27)18-8-6-17(23)7-9-18/h2-12H,13H2,1H3,(H,24,25). The molecule has 0 bridgehead atoms. The molecular weight excluding hydrogens is 417 g/mol. The maximum atomic E-state index is 13.0. The molecule has 0 radical (unpaired) electrons. The van der Waals surface area contributed by atoms with Crippen LogP contribution in [0.25, 0.3) is 0 Å². The maximum absolute atomic E-state index is 13.0. The summed E-state index contributed by atoms with van der Waals surface area (Å²) in [7, 11) is -4.16. The average molecular weight is 434 g/mol. The van der Waals surface area contributed by atoms with Gasteiger partial charge in [-0.15, -0.1) is 0 Å². The molecule has 1 amide bonds. The normalized spacial score (nSPS) is 11.1. The van der Waals surface area contributed by atoms with Gasteiger partial charge in [0.15, 0.2) is 0 Å². The fourth-order valence-corrected chi connectivity index (χ4v) is 3.75. The van der Waals surface area contributed by atoms with Crippen LogP contribution in [0.3, 0.4) is 0 Å². The summed E-state index contributed by atoms with van der Waals surface area (Å²) in [5.74, 6) is -1.20. The van der Waals surface area contributed by atoms with Gasteiger partial charge in [-0.25, -0.2) is 17.5 Å². The van der Waals surface area contributed by atoms with Gasteiger partial charge in [0.05, 0.1) is 10.5 Å². The first-order chi connectivity index (χ1) is 13.7. The molecule has 0 aliphatic rings. The smallest absolute Gasteiger partial charge is 0.268 e. The van der Waals surface area contributed by atoms with Crippen LogP contribution >= 0.6 is 11.6 Å². The highest BCUT2D eigenvalue weighted by atomic mass is 35.5. The number of aryl methyl sites for hydroxylation is 1. The van der Waals surface area contributed by atoms with Crippen LogP contribution in [0.15, 0.2) is 71.6 Å². The Hall–Kier alpha value is -2.90. The second kappa shape index (κ2) is 8.63. The van der Waals surface area contributed by atoms with Crippen LogP contribution in [0.2, 0.25) is 5.02 Å². The van der Waals surface area contributed by atoms with Crippen molar-refractivity contribution in [3.63, 3.8) is 0 Å². The van der Waals surface area contributed by atoms with Crippen molar-refractivity contribution in [1.29, 1.82) is 0 Å². The summed E-state index contributed by atoms with van der Waals surface area (Å²) in [6, 6.07) is 16.0. The van der Waals surface area contributed by atoms with Crippen LogP contribution in [0.5, 0.6) is 5.75 Å². The minimum absolute atomic E-state index is 0.0586. The molecule has 0 fully saturated rings. The number of benzene rings is 3. The van der Waals surface area contributed by atoms with Crippen LogP contribution < -0.4 is 9.46 Å². The Balaban J connectivity index is 1.82. The molecule has 150 valence electrons. The number of ether oxygens (including phenoxy) is 1. The van der Waals surface area contributed by atoms with Crippen LogP contribution in [0.4, 0.5) is 4.39 Å². The molecule has 0 unspecified atom stereocenters. The molecule has 0 aliphatic heterocycles. The third kappa shape index (κ3) is 5.34. The van der Waals surface area contributed by atoms with Gasteiger partial charge in [0.2, 0.25) is 0 Å². The lowest BCUT2D eigenvalue weighted by Crippen LogP contribution is -2.31. The van der Waals surface area contributed by atoms with E-state index in [0.717, 1.165) is 35.4 Å². The molecule has 29 heavy (non-hydrogen) atoms. The number of amides is 1. The van der Waals surface area contributed by atoms with Gasteiger partial charge in [0.25, 0.3) is 15.9 Å². The lowest BCUT2D eigenvalue weighted by molar-refractivity contribution is 0.0977. The Bertz CT molecular complexity index is 1150. The van der Waals surface area contributed by atoms with Crippen LogP contribution in [0, 0.1) is 12.7 Å². The zero-order valence-electron chi connectivity index (χ0n) is 15.4. The Kier molecular flexibility index (Phi) is 6.20. The van der Waals surface area contributed by atoms with E-state index in [2.05, 4.69) is 0 Å². The Labute approximate surface area is 173 Å². The van der Waals surface area contributed by atoms with E-state index in [1.807, 2.05) is 17.7 Å². The second-order valence-corrected chi connectivity index (χ2v) is 8.43. The Morgan fingerprint density at radius 2 is 1.79 bits per heavy atom. The molecule has 3 aromatic carbocycles. The SMILES string of the molecule is Cc1ccc(C(=O)NS(=O)(=O)c2ccc(F)cc2)c(OCc2cccc(Cl)c2)c1. The number of carbonyl (C=O) groups excluding carboxylic acids is 1. The lowest BCUT2D eigenvalue weighted by atomic mass is 10.1. The number of hydrogen-bond donors (Lipinski definition) is 1. The second-order valence-electron chi connectivity index (χ2n) is 6.31. The number of carbonyl (C=O) groups is 1. The third-order valence-electron chi connectivity index (χ3n) is 4.02. The zero-order valence-corrected chi connectivity index (χ0v) is 16.9. The van der Waals surface area contributed by atoms with Crippen molar-refractivity contribution in [3.05, 3.63) is 94.3 Å². The molecule has 0 aliphatic carbocycles. The minimum Gasteiger partial charge on any atom is -0.488 e. The van der Waals surface area contributed by atoms with Gasteiger partial charge in [-0.2, -0.15) is 0 Å². The van der Waals surface area contributed by atoms with Crippen molar-refractivity contribution in [3.8, 4) is 5.75 Å². The fourth-order valence-electron chi connectivity index (χ4n) is 2.57. The van der Waals surface area contributed by atoms with Crippen LogP contribution in [-0.2, 0) is 16.6 Å². The van der Waals surface area contributed by atoms with Crippen molar-refractivity contribution in [2.24, 2.45) is 0 Å². The van der Waals surface area contributed by atoms with Crippen LogP contribution in [0.1, 0.15) is 21.5 Å². The molecule has 0 heterocycles. The minimum atomic E-state index is -4.16. The number of nitrogens with one attached hydrogen (secondary N) is 1. The maximum Gasteiger partial charge on any atom is 0.268 e. The highest BCUT2D eigenvalue weighted by Crippen LogP contribution is 2.23. The molecule has 8 heteroatoms. The third-order valence-corrected chi connectivity index (χ3v) is 5.60. The number of sulfonamides is 1. The predicted molar refractivity (Wildman–Crippen MR) is 108 cm³/mol. The van der Waals surface area contributed by atoms with E-state index < -0.39 is 21.7 Å². The molecule has 3 rings (SSSR count). The van der Waals surface area contributed by atoms with Crippen molar-refractivity contribution < 1.29 is 22.3 Å².